The normalized spacial score (nSPS) is 12.8. The van der Waals surface area contributed by atoms with E-state index in [4.69, 9.17) is 5.14 Å². The maximum atomic E-state index is 12.3. The lowest BCUT2D eigenvalue weighted by molar-refractivity contribution is -0.137. The lowest BCUT2D eigenvalue weighted by Crippen LogP contribution is -2.15. The number of nitrogens with two attached hydrogens (primary N) is 1. The lowest BCUT2D eigenvalue weighted by Gasteiger charge is -2.09. The van der Waals surface area contributed by atoms with Gasteiger partial charge in [-0.1, -0.05) is 15.9 Å². The van der Waals surface area contributed by atoms with Gasteiger partial charge in [0, 0.05) is 4.47 Å². The molecule has 0 atom stereocenters. The van der Waals surface area contributed by atoms with Crippen LogP contribution in [0, 0.1) is 0 Å². The molecule has 0 aromatic heterocycles. The summed E-state index contributed by atoms with van der Waals surface area (Å²) in [5.74, 6) is -0.641. The summed E-state index contributed by atoms with van der Waals surface area (Å²) in [5, 5.41) is 4.77. The topological polar surface area (TPSA) is 60.2 Å². The molecule has 0 aliphatic heterocycles. The van der Waals surface area contributed by atoms with Crippen molar-refractivity contribution in [3.63, 3.8) is 0 Å². The molecule has 0 saturated carbocycles. The highest BCUT2D eigenvalue weighted by Gasteiger charge is 2.31. The van der Waals surface area contributed by atoms with Gasteiger partial charge in [-0.15, -0.1) is 0 Å². The number of sulfonamides is 1. The summed E-state index contributed by atoms with van der Waals surface area (Å²) in [6, 6.07) is 2.76. The summed E-state index contributed by atoms with van der Waals surface area (Å²) < 4.78 is 58.9. The first-order valence-corrected chi connectivity index (χ1v) is 6.46. The van der Waals surface area contributed by atoms with Gasteiger partial charge in [-0.25, -0.2) is 13.6 Å². The van der Waals surface area contributed by atoms with Crippen molar-refractivity contribution in [2.75, 3.05) is 0 Å². The van der Waals surface area contributed by atoms with E-state index in [1.807, 2.05) is 0 Å². The highest BCUT2D eigenvalue weighted by Crippen LogP contribution is 2.32. The molecular formula is C8H7BrF3NO2S. The van der Waals surface area contributed by atoms with Gasteiger partial charge >= 0.3 is 6.18 Å². The summed E-state index contributed by atoms with van der Waals surface area (Å²) in [6.07, 6.45) is -4.51. The van der Waals surface area contributed by atoms with E-state index in [0.29, 0.717) is 0 Å². The Bertz CT molecular complexity index is 498. The Morgan fingerprint density at radius 3 is 2.31 bits per heavy atom. The van der Waals surface area contributed by atoms with E-state index >= 15 is 0 Å². The number of benzene rings is 1. The van der Waals surface area contributed by atoms with Crippen LogP contribution in [-0.4, -0.2) is 8.42 Å². The van der Waals surface area contributed by atoms with Crippen LogP contribution < -0.4 is 5.14 Å². The van der Waals surface area contributed by atoms with Crippen molar-refractivity contribution >= 4 is 26.0 Å². The van der Waals surface area contributed by atoms with Gasteiger partial charge in [0.15, 0.2) is 0 Å². The minimum absolute atomic E-state index is 0.0164. The number of halogens is 4. The molecular weight excluding hydrogens is 311 g/mol. The summed E-state index contributed by atoms with van der Waals surface area (Å²) in [5.41, 5.74) is -0.924. The maximum Gasteiger partial charge on any atom is 0.416 e. The van der Waals surface area contributed by atoms with E-state index < -0.39 is 27.5 Å². The van der Waals surface area contributed by atoms with Gasteiger partial charge in [-0.05, 0) is 23.8 Å². The smallest absolute Gasteiger partial charge is 0.228 e. The number of hydrogen-bond donors (Lipinski definition) is 1. The van der Waals surface area contributed by atoms with Crippen molar-refractivity contribution in [1.82, 2.24) is 0 Å². The van der Waals surface area contributed by atoms with Gasteiger partial charge < -0.3 is 0 Å². The second-order valence-corrected chi connectivity index (χ2v) is 5.58. The summed E-state index contributed by atoms with van der Waals surface area (Å²) >= 11 is 2.96. The zero-order valence-corrected chi connectivity index (χ0v) is 10.2. The number of hydrogen-bond acceptors (Lipinski definition) is 2. The average Bonchev–Trinajstić information content (AvgIpc) is 2.04. The van der Waals surface area contributed by atoms with E-state index in [9.17, 15) is 21.6 Å². The van der Waals surface area contributed by atoms with Crippen LogP contribution >= 0.6 is 15.9 Å². The van der Waals surface area contributed by atoms with E-state index in [2.05, 4.69) is 15.9 Å². The van der Waals surface area contributed by atoms with E-state index in [1.165, 1.54) is 0 Å². The van der Waals surface area contributed by atoms with Gasteiger partial charge in [-0.3, -0.25) is 0 Å². The molecule has 0 unspecified atom stereocenters. The fourth-order valence-electron chi connectivity index (χ4n) is 1.08. The van der Waals surface area contributed by atoms with Crippen molar-refractivity contribution in [3.8, 4) is 0 Å². The molecule has 1 aromatic carbocycles. The maximum absolute atomic E-state index is 12.3. The van der Waals surface area contributed by atoms with Crippen LogP contribution in [-0.2, 0) is 22.0 Å². The third-order valence-corrected chi connectivity index (χ3v) is 3.22. The molecule has 16 heavy (non-hydrogen) atoms. The molecule has 0 amide bonds. The van der Waals surface area contributed by atoms with Crippen LogP contribution in [0.25, 0.3) is 0 Å². The molecule has 0 saturated heterocycles. The number of primary sulfonamides is 1. The van der Waals surface area contributed by atoms with Crippen LogP contribution in [0.15, 0.2) is 22.7 Å². The molecule has 1 rings (SSSR count). The second kappa shape index (κ2) is 4.34. The number of alkyl halides is 3. The first kappa shape index (κ1) is 13.5. The molecule has 0 aliphatic carbocycles. The fourth-order valence-corrected chi connectivity index (χ4v) is 2.32. The molecule has 3 nitrogen and oxygen atoms in total. The molecule has 0 bridgehead atoms. The van der Waals surface area contributed by atoms with Crippen LogP contribution in [0.1, 0.15) is 11.1 Å². The van der Waals surface area contributed by atoms with Gasteiger partial charge in [0.25, 0.3) is 0 Å². The van der Waals surface area contributed by atoms with Gasteiger partial charge in [-0.2, -0.15) is 13.2 Å². The van der Waals surface area contributed by atoms with E-state index in [0.717, 1.165) is 18.2 Å². The third kappa shape index (κ3) is 3.76. The molecule has 0 spiro atoms. The van der Waals surface area contributed by atoms with Crippen molar-refractivity contribution in [2.24, 2.45) is 5.14 Å². The molecule has 0 heterocycles. The highest BCUT2D eigenvalue weighted by atomic mass is 79.9. The van der Waals surface area contributed by atoms with Gasteiger partial charge in [0.1, 0.15) is 0 Å². The Morgan fingerprint density at radius 1 is 1.31 bits per heavy atom. The standard InChI is InChI=1S/C8H7BrF3NO2S/c9-7-2-1-6(8(10,11)12)3-5(7)4-16(13,14)15/h1-3H,4H2,(H2,13,14,15). The van der Waals surface area contributed by atoms with Gasteiger partial charge in [0.05, 0.1) is 11.3 Å². The van der Waals surface area contributed by atoms with E-state index in [-0.39, 0.29) is 10.0 Å². The Morgan fingerprint density at radius 2 is 1.88 bits per heavy atom. The molecule has 2 N–H and O–H groups in total. The molecule has 0 aliphatic rings. The van der Waals surface area contributed by atoms with Crippen molar-refractivity contribution in [2.45, 2.75) is 11.9 Å². The summed E-state index contributed by atoms with van der Waals surface area (Å²) in [6.45, 7) is 0. The SMILES string of the molecule is NS(=O)(=O)Cc1cc(C(F)(F)F)ccc1Br. The largest absolute Gasteiger partial charge is 0.416 e. The van der Waals surface area contributed by atoms with Crippen molar-refractivity contribution < 1.29 is 21.6 Å². The van der Waals surface area contributed by atoms with E-state index in [1.54, 1.807) is 0 Å². The minimum Gasteiger partial charge on any atom is -0.228 e. The zero-order valence-electron chi connectivity index (χ0n) is 7.75. The Kier molecular flexibility index (Phi) is 3.65. The quantitative estimate of drug-likeness (QED) is 0.909. The Labute approximate surface area is 98.6 Å². The second-order valence-electron chi connectivity index (χ2n) is 3.11. The molecule has 8 heteroatoms. The lowest BCUT2D eigenvalue weighted by atomic mass is 10.1. The van der Waals surface area contributed by atoms with Crippen molar-refractivity contribution in [3.05, 3.63) is 33.8 Å². The third-order valence-electron chi connectivity index (χ3n) is 1.73. The molecule has 1 aromatic rings. The average molecular weight is 318 g/mol. The molecule has 0 radical (unpaired) electrons. The molecule has 90 valence electrons. The highest BCUT2D eigenvalue weighted by molar-refractivity contribution is 9.10. The minimum atomic E-state index is -4.51. The first-order valence-electron chi connectivity index (χ1n) is 3.96. The zero-order chi connectivity index (χ0) is 12.6. The van der Waals surface area contributed by atoms with Crippen LogP contribution in [0.2, 0.25) is 0 Å². The predicted octanol–water partition coefficient (Wildman–Crippen LogP) is 2.26. The van der Waals surface area contributed by atoms with Crippen molar-refractivity contribution in [1.29, 1.82) is 0 Å². The first-order chi connectivity index (χ1) is 7.09. The summed E-state index contributed by atoms with van der Waals surface area (Å²) in [4.78, 5) is 0. The van der Waals surface area contributed by atoms with Crippen LogP contribution in [0.4, 0.5) is 13.2 Å². The fraction of sp³-hybridized carbons (Fsp3) is 0.250. The van der Waals surface area contributed by atoms with Gasteiger partial charge in [0.2, 0.25) is 10.0 Å². The number of rotatable bonds is 2. The monoisotopic (exact) mass is 317 g/mol. The molecule has 0 fully saturated rings. The Hall–Kier alpha value is -0.600. The Balaban J connectivity index is 3.20. The summed E-state index contributed by atoms with van der Waals surface area (Å²) in [7, 11) is -3.86. The predicted molar refractivity (Wildman–Crippen MR) is 56.0 cm³/mol. The van der Waals surface area contributed by atoms with Crippen LogP contribution in [0.5, 0.6) is 0 Å². The van der Waals surface area contributed by atoms with Crippen LogP contribution in [0.3, 0.4) is 0 Å².